The van der Waals surface area contributed by atoms with Crippen LogP contribution in [0.2, 0.25) is 5.02 Å². The minimum absolute atomic E-state index is 0.00960. The Hall–Kier alpha value is -2.78. The molecule has 1 aliphatic carbocycles. The summed E-state index contributed by atoms with van der Waals surface area (Å²) < 4.78 is 29.1. The van der Waals surface area contributed by atoms with Gasteiger partial charge < -0.3 is 10.2 Å². The van der Waals surface area contributed by atoms with Crippen molar-refractivity contribution in [3.8, 4) is 0 Å². The molecule has 0 bridgehead atoms. The Labute approximate surface area is 228 Å². The van der Waals surface area contributed by atoms with Crippen LogP contribution in [-0.2, 0) is 16.4 Å². The number of carbonyl (C=O) groups excluding carboxylic acids is 1. The molecule has 198 valence electrons. The standard InChI is InChI=1S/C29H31ClN4O3S/c30-24-3-1-2-4-26(24)38(36,37)33-25-8-7-20-5-6-22(19-23(20)25)28(35)34-18-13-29(11-16-32-17-12-29)27(34)21-9-14-31-15-10-21/h1-6,9-10,14-15,19,25,27,32-33H,7-8,11-13,16-18H2. The van der Waals surface area contributed by atoms with Crippen LogP contribution in [0.25, 0.3) is 0 Å². The van der Waals surface area contributed by atoms with Gasteiger partial charge >= 0.3 is 0 Å². The largest absolute Gasteiger partial charge is 0.331 e. The third-order valence-corrected chi connectivity index (χ3v) is 10.5. The normalized spacial score (nSPS) is 22.5. The van der Waals surface area contributed by atoms with E-state index in [1.54, 1.807) is 30.6 Å². The van der Waals surface area contributed by atoms with Gasteiger partial charge in [0.1, 0.15) is 4.90 Å². The number of piperidine rings is 1. The Morgan fingerprint density at radius 2 is 1.82 bits per heavy atom. The van der Waals surface area contributed by atoms with Crippen molar-refractivity contribution >= 4 is 27.5 Å². The number of nitrogens with zero attached hydrogens (tertiary/aromatic N) is 2. The molecular formula is C29H31ClN4O3S. The topological polar surface area (TPSA) is 91.4 Å². The van der Waals surface area contributed by atoms with E-state index in [4.69, 9.17) is 11.6 Å². The first kappa shape index (κ1) is 25.5. The molecular weight excluding hydrogens is 520 g/mol. The molecule has 2 saturated heterocycles. The second-order valence-corrected chi connectivity index (χ2v) is 12.7. The number of rotatable bonds is 5. The van der Waals surface area contributed by atoms with Crippen molar-refractivity contribution in [3.05, 3.63) is 94.3 Å². The molecule has 6 rings (SSSR count). The van der Waals surface area contributed by atoms with Crippen LogP contribution >= 0.6 is 11.6 Å². The van der Waals surface area contributed by atoms with Gasteiger partial charge in [-0.15, -0.1) is 0 Å². The molecule has 2 fully saturated rings. The summed E-state index contributed by atoms with van der Waals surface area (Å²) in [6.45, 7) is 2.61. The number of hydrogen-bond donors (Lipinski definition) is 2. The van der Waals surface area contributed by atoms with Gasteiger partial charge in [-0.25, -0.2) is 13.1 Å². The second kappa shape index (κ2) is 10.1. The fourth-order valence-corrected chi connectivity index (χ4v) is 8.39. The fraction of sp³-hybridized carbons (Fsp3) is 0.379. The number of aryl methyl sites for hydroxylation is 1. The van der Waals surface area contributed by atoms with E-state index in [0.717, 1.165) is 55.5 Å². The number of carbonyl (C=O) groups is 1. The average Bonchev–Trinajstić information content (AvgIpc) is 3.50. The van der Waals surface area contributed by atoms with Crippen LogP contribution in [0.5, 0.6) is 0 Å². The smallest absolute Gasteiger partial charge is 0.254 e. The molecule has 7 nitrogen and oxygen atoms in total. The molecule has 0 radical (unpaired) electrons. The van der Waals surface area contributed by atoms with Gasteiger partial charge in [-0.05, 0) is 104 Å². The lowest BCUT2D eigenvalue weighted by Crippen LogP contribution is -2.42. The van der Waals surface area contributed by atoms with E-state index in [2.05, 4.69) is 15.0 Å². The summed E-state index contributed by atoms with van der Waals surface area (Å²) in [5, 5.41) is 3.66. The molecule has 2 unspecified atom stereocenters. The van der Waals surface area contributed by atoms with Crippen molar-refractivity contribution in [2.75, 3.05) is 19.6 Å². The third-order valence-electron chi connectivity index (χ3n) is 8.52. The van der Waals surface area contributed by atoms with Crippen molar-refractivity contribution in [2.45, 2.75) is 49.1 Å². The molecule has 0 saturated carbocycles. The van der Waals surface area contributed by atoms with Gasteiger partial charge in [-0.2, -0.15) is 0 Å². The fourth-order valence-electron chi connectivity index (χ4n) is 6.62. The Morgan fingerprint density at radius 1 is 1.05 bits per heavy atom. The highest BCUT2D eigenvalue weighted by atomic mass is 35.5. The first-order valence-electron chi connectivity index (χ1n) is 13.2. The average molecular weight is 551 g/mol. The number of hydrogen-bond acceptors (Lipinski definition) is 5. The summed E-state index contributed by atoms with van der Waals surface area (Å²) >= 11 is 6.18. The summed E-state index contributed by atoms with van der Waals surface area (Å²) in [5.74, 6) is -0.00960. The molecule has 2 atom stereocenters. The summed E-state index contributed by atoms with van der Waals surface area (Å²) in [7, 11) is -3.82. The van der Waals surface area contributed by atoms with E-state index in [9.17, 15) is 13.2 Å². The third kappa shape index (κ3) is 4.53. The van der Waals surface area contributed by atoms with Crippen molar-refractivity contribution < 1.29 is 13.2 Å². The van der Waals surface area contributed by atoms with E-state index in [1.165, 1.54) is 6.07 Å². The molecule has 2 aliphatic heterocycles. The Bertz CT molecular complexity index is 1460. The number of benzene rings is 2. The van der Waals surface area contributed by atoms with E-state index in [1.807, 2.05) is 35.2 Å². The molecule has 38 heavy (non-hydrogen) atoms. The molecule has 3 aliphatic rings. The van der Waals surface area contributed by atoms with Gasteiger partial charge in [0.2, 0.25) is 10.0 Å². The number of fused-ring (bicyclic) bond motifs is 1. The van der Waals surface area contributed by atoms with Crippen LogP contribution in [0.15, 0.2) is 71.9 Å². The summed E-state index contributed by atoms with van der Waals surface area (Å²) in [6.07, 6.45) is 8.01. The van der Waals surface area contributed by atoms with E-state index < -0.39 is 16.1 Å². The quantitative estimate of drug-likeness (QED) is 0.482. The van der Waals surface area contributed by atoms with Gasteiger partial charge in [-0.3, -0.25) is 9.78 Å². The number of halogens is 1. The molecule has 9 heteroatoms. The van der Waals surface area contributed by atoms with Gasteiger partial charge in [0.05, 0.1) is 11.1 Å². The molecule has 1 aromatic heterocycles. The number of sulfonamides is 1. The lowest BCUT2D eigenvalue weighted by molar-refractivity contribution is 0.0617. The molecule has 1 amide bonds. The molecule has 3 heterocycles. The van der Waals surface area contributed by atoms with Crippen LogP contribution in [-0.4, -0.2) is 43.8 Å². The van der Waals surface area contributed by atoms with Crippen LogP contribution < -0.4 is 10.0 Å². The van der Waals surface area contributed by atoms with Crippen molar-refractivity contribution in [1.82, 2.24) is 19.9 Å². The SMILES string of the molecule is O=C(c1ccc2c(c1)C(NS(=O)(=O)c1ccccc1Cl)CC2)N1CCC2(CCNCC2)C1c1ccncc1. The Kier molecular flexibility index (Phi) is 6.76. The zero-order valence-corrected chi connectivity index (χ0v) is 22.6. The molecule has 2 aromatic carbocycles. The summed E-state index contributed by atoms with van der Waals surface area (Å²) in [6, 6.07) is 15.8. The first-order valence-corrected chi connectivity index (χ1v) is 15.1. The summed E-state index contributed by atoms with van der Waals surface area (Å²) in [4.78, 5) is 20.3. The molecule has 1 spiro atoms. The minimum Gasteiger partial charge on any atom is -0.331 e. The maximum absolute atomic E-state index is 14.1. The predicted octanol–water partition coefficient (Wildman–Crippen LogP) is 4.66. The van der Waals surface area contributed by atoms with Gasteiger partial charge in [-0.1, -0.05) is 29.8 Å². The van der Waals surface area contributed by atoms with Crippen molar-refractivity contribution in [2.24, 2.45) is 5.41 Å². The second-order valence-electron chi connectivity index (χ2n) is 10.6. The lowest BCUT2D eigenvalue weighted by Gasteiger charge is -2.41. The molecule has 3 aromatic rings. The Balaban J connectivity index is 1.30. The zero-order valence-electron chi connectivity index (χ0n) is 21.1. The number of pyridine rings is 1. The predicted molar refractivity (Wildman–Crippen MR) is 146 cm³/mol. The number of likely N-dealkylation sites (tertiary alicyclic amines) is 1. The van der Waals surface area contributed by atoms with Crippen LogP contribution in [0.1, 0.15) is 64.8 Å². The van der Waals surface area contributed by atoms with Crippen LogP contribution in [0.3, 0.4) is 0 Å². The van der Waals surface area contributed by atoms with Gasteiger partial charge in [0.25, 0.3) is 5.91 Å². The lowest BCUT2D eigenvalue weighted by atomic mass is 9.70. The highest BCUT2D eigenvalue weighted by molar-refractivity contribution is 7.89. The maximum atomic E-state index is 14.1. The maximum Gasteiger partial charge on any atom is 0.254 e. The van der Waals surface area contributed by atoms with Crippen LogP contribution in [0.4, 0.5) is 0 Å². The number of nitrogens with one attached hydrogen (secondary N) is 2. The monoisotopic (exact) mass is 550 g/mol. The molecule has 2 N–H and O–H groups in total. The Morgan fingerprint density at radius 3 is 2.58 bits per heavy atom. The highest BCUT2D eigenvalue weighted by Gasteiger charge is 2.50. The number of aromatic nitrogens is 1. The van der Waals surface area contributed by atoms with Gasteiger partial charge in [0, 0.05) is 30.5 Å². The van der Waals surface area contributed by atoms with E-state index in [0.29, 0.717) is 18.5 Å². The van der Waals surface area contributed by atoms with E-state index >= 15 is 0 Å². The summed E-state index contributed by atoms with van der Waals surface area (Å²) in [5.41, 5.74) is 3.70. The van der Waals surface area contributed by atoms with Gasteiger partial charge in [0.15, 0.2) is 0 Å². The van der Waals surface area contributed by atoms with Crippen molar-refractivity contribution in [1.29, 1.82) is 0 Å². The highest BCUT2D eigenvalue weighted by Crippen LogP contribution is 2.53. The zero-order chi connectivity index (χ0) is 26.3. The van der Waals surface area contributed by atoms with E-state index in [-0.39, 0.29) is 27.3 Å². The van der Waals surface area contributed by atoms with Crippen molar-refractivity contribution in [3.63, 3.8) is 0 Å². The number of amides is 1. The first-order chi connectivity index (χ1) is 18.4. The minimum atomic E-state index is -3.82. The van der Waals surface area contributed by atoms with Crippen LogP contribution in [0, 0.1) is 5.41 Å².